The summed E-state index contributed by atoms with van der Waals surface area (Å²) in [5, 5.41) is 23.0. The topological polar surface area (TPSA) is 88.8 Å². The molecule has 1 unspecified atom stereocenters. The van der Waals surface area contributed by atoms with Crippen LogP contribution in [-0.2, 0) is 0 Å². The Labute approximate surface area is 175 Å². The highest BCUT2D eigenvalue weighted by Crippen LogP contribution is 2.47. The molecule has 0 radical (unpaired) electrons. The summed E-state index contributed by atoms with van der Waals surface area (Å²) in [6.45, 7) is 8.95. The van der Waals surface area contributed by atoms with Gasteiger partial charge in [-0.2, -0.15) is 0 Å². The summed E-state index contributed by atoms with van der Waals surface area (Å²) >= 11 is 0. The number of rotatable bonds is 4. The lowest BCUT2D eigenvalue weighted by molar-refractivity contribution is 0.201. The number of nitrogens with one attached hydrogen (secondary N) is 1. The molecular formula is C23H26N6O. The van der Waals surface area contributed by atoms with Crippen molar-refractivity contribution in [2.45, 2.75) is 50.6 Å². The first-order valence-corrected chi connectivity index (χ1v) is 10.3. The van der Waals surface area contributed by atoms with Crippen molar-refractivity contribution in [1.82, 2.24) is 30.0 Å². The van der Waals surface area contributed by atoms with Crippen molar-refractivity contribution < 1.29 is 5.11 Å². The summed E-state index contributed by atoms with van der Waals surface area (Å²) < 4.78 is 1.82. The van der Waals surface area contributed by atoms with E-state index in [1.165, 1.54) is 12.8 Å². The van der Waals surface area contributed by atoms with Gasteiger partial charge >= 0.3 is 0 Å². The average Bonchev–Trinajstić information content (AvgIpc) is 3.33. The highest BCUT2D eigenvalue weighted by Gasteiger charge is 2.49. The molecule has 2 fully saturated rings. The third-order valence-electron chi connectivity index (χ3n) is 6.63. The van der Waals surface area contributed by atoms with Gasteiger partial charge in [-0.25, -0.2) is 9.97 Å². The third kappa shape index (κ3) is 3.29. The molecule has 2 aliphatic rings. The standard InChI is InChI=1S/C23H26N6O/c1-15(16-11-22(2)6-7-23(3,12-16)28-22)19-13-25-21(27-26-19)18-5-4-17(10-20(18)30)29-9-8-24-14-29/h4-5,8-10,13-14,16,28,30H,1,6-7,11-12H2,2-3H3/t16?,22-,23+. The Balaban J connectivity index is 1.36. The number of phenols is 1. The summed E-state index contributed by atoms with van der Waals surface area (Å²) in [4.78, 5) is 8.51. The number of fused-ring (bicyclic) bond motifs is 2. The fourth-order valence-electron chi connectivity index (χ4n) is 5.15. The van der Waals surface area contributed by atoms with Crippen molar-refractivity contribution in [3.8, 4) is 22.8 Å². The highest BCUT2D eigenvalue weighted by molar-refractivity contribution is 5.67. The lowest BCUT2D eigenvalue weighted by atomic mass is 9.76. The molecule has 2 N–H and O–H groups in total. The number of allylic oxidation sites excluding steroid dienone is 1. The van der Waals surface area contributed by atoms with Gasteiger partial charge in [0.25, 0.3) is 0 Å². The number of hydrogen-bond acceptors (Lipinski definition) is 6. The molecule has 2 bridgehead atoms. The van der Waals surface area contributed by atoms with Gasteiger partial charge in [0.15, 0.2) is 5.82 Å². The zero-order valence-electron chi connectivity index (χ0n) is 17.3. The first-order chi connectivity index (χ1) is 14.3. The number of imidazole rings is 1. The fraction of sp³-hybridized carbons (Fsp3) is 0.391. The molecule has 3 atom stereocenters. The molecule has 2 saturated heterocycles. The number of aromatic hydroxyl groups is 1. The van der Waals surface area contributed by atoms with Gasteiger partial charge in [-0.3, -0.25) is 0 Å². The zero-order valence-corrected chi connectivity index (χ0v) is 17.3. The SMILES string of the molecule is C=C(c1cnc(-c2ccc(-n3ccnc3)cc2O)nn1)C1C[C@]2(C)CC[C@](C)(C1)N2. The summed E-state index contributed by atoms with van der Waals surface area (Å²) in [6.07, 6.45) is 11.4. The van der Waals surface area contributed by atoms with Crippen molar-refractivity contribution in [2.75, 3.05) is 0 Å². The lowest BCUT2D eigenvalue weighted by Crippen LogP contribution is -2.53. The van der Waals surface area contributed by atoms with Crippen LogP contribution in [0.5, 0.6) is 5.75 Å². The quantitative estimate of drug-likeness (QED) is 0.691. The molecule has 5 rings (SSSR count). The number of aromatic nitrogens is 5. The Morgan fingerprint density at radius 3 is 2.57 bits per heavy atom. The van der Waals surface area contributed by atoms with E-state index in [0.29, 0.717) is 17.3 Å². The van der Waals surface area contributed by atoms with Crippen molar-refractivity contribution >= 4 is 5.57 Å². The van der Waals surface area contributed by atoms with Gasteiger partial charge in [0, 0.05) is 29.5 Å². The van der Waals surface area contributed by atoms with Crippen LogP contribution in [0, 0.1) is 5.92 Å². The van der Waals surface area contributed by atoms with Crippen LogP contribution >= 0.6 is 0 Å². The van der Waals surface area contributed by atoms with Crippen molar-refractivity contribution in [1.29, 1.82) is 0 Å². The van der Waals surface area contributed by atoms with Crippen LogP contribution in [0.3, 0.4) is 0 Å². The Hall–Kier alpha value is -3.06. The van der Waals surface area contributed by atoms with Crippen LogP contribution in [0.2, 0.25) is 0 Å². The maximum Gasteiger partial charge on any atom is 0.185 e. The van der Waals surface area contributed by atoms with Gasteiger partial charge in [-0.05, 0) is 63.2 Å². The molecule has 7 nitrogen and oxygen atoms in total. The monoisotopic (exact) mass is 402 g/mol. The Kier molecular flexibility index (Phi) is 4.25. The van der Waals surface area contributed by atoms with E-state index in [1.807, 2.05) is 16.8 Å². The molecule has 1 aromatic carbocycles. The van der Waals surface area contributed by atoms with Gasteiger partial charge in [0.2, 0.25) is 0 Å². The van der Waals surface area contributed by atoms with Gasteiger partial charge in [0.1, 0.15) is 11.4 Å². The van der Waals surface area contributed by atoms with Crippen molar-refractivity contribution in [2.24, 2.45) is 5.92 Å². The lowest BCUT2D eigenvalue weighted by Gasteiger charge is -2.42. The Morgan fingerprint density at radius 1 is 1.20 bits per heavy atom. The molecule has 0 aliphatic carbocycles. The molecule has 154 valence electrons. The molecule has 7 heteroatoms. The molecular weight excluding hydrogens is 376 g/mol. The van der Waals surface area contributed by atoms with Gasteiger partial charge < -0.3 is 15.0 Å². The number of phenolic OH excluding ortho intramolecular Hbond substituents is 1. The third-order valence-corrected chi connectivity index (χ3v) is 6.63. The van der Waals surface area contributed by atoms with E-state index < -0.39 is 0 Å². The van der Waals surface area contributed by atoms with Crippen LogP contribution in [-0.4, -0.2) is 40.9 Å². The van der Waals surface area contributed by atoms with E-state index in [1.54, 1.807) is 30.9 Å². The van der Waals surface area contributed by atoms with E-state index in [0.717, 1.165) is 29.8 Å². The predicted octanol–water partition coefficient (Wildman–Crippen LogP) is 3.75. The molecule has 3 aromatic rings. The van der Waals surface area contributed by atoms with E-state index in [9.17, 15) is 5.11 Å². The normalized spacial score (nSPS) is 27.9. The van der Waals surface area contributed by atoms with Crippen molar-refractivity contribution in [3.63, 3.8) is 0 Å². The largest absolute Gasteiger partial charge is 0.507 e. The molecule has 0 saturated carbocycles. The maximum absolute atomic E-state index is 10.5. The minimum Gasteiger partial charge on any atom is -0.507 e. The Morgan fingerprint density at radius 2 is 1.97 bits per heavy atom. The van der Waals surface area contributed by atoms with E-state index in [4.69, 9.17) is 0 Å². The van der Waals surface area contributed by atoms with E-state index >= 15 is 0 Å². The van der Waals surface area contributed by atoms with E-state index in [-0.39, 0.29) is 16.8 Å². The second-order valence-corrected chi connectivity index (χ2v) is 9.22. The average molecular weight is 403 g/mol. The van der Waals surface area contributed by atoms with Crippen LogP contribution in [0.4, 0.5) is 0 Å². The molecule has 0 amide bonds. The second kappa shape index (κ2) is 6.74. The minimum absolute atomic E-state index is 0.102. The summed E-state index contributed by atoms with van der Waals surface area (Å²) in [6, 6.07) is 5.35. The smallest absolute Gasteiger partial charge is 0.185 e. The number of piperidine rings is 1. The fourth-order valence-corrected chi connectivity index (χ4v) is 5.15. The molecule has 0 spiro atoms. The van der Waals surface area contributed by atoms with Crippen LogP contribution in [0.15, 0.2) is 49.7 Å². The van der Waals surface area contributed by atoms with Crippen LogP contribution in [0.1, 0.15) is 45.2 Å². The highest BCUT2D eigenvalue weighted by atomic mass is 16.3. The minimum atomic E-state index is 0.102. The van der Waals surface area contributed by atoms with Gasteiger partial charge in [0.05, 0.1) is 23.8 Å². The molecule has 2 aliphatic heterocycles. The zero-order chi connectivity index (χ0) is 20.9. The van der Waals surface area contributed by atoms with Crippen LogP contribution in [0.25, 0.3) is 22.6 Å². The first kappa shape index (κ1) is 18.9. The first-order valence-electron chi connectivity index (χ1n) is 10.3. The van der Waals surface area contributed by atoms with Crippen molar-refractivity contribution in [3.05, 3.63) is 55.4 Å². The Bertz CT molecular complexity index is 1080. The van der Waals surface area contributed by atoms with Crippen LogP contribution < -0.4 is 5.32 Å². The van der Waals surface area contributed by atoms with Gasteiger partial charge in [-0.1, -0.05) is 6.58 Å². The van der Waals surface area contributed by atoms with E-state index in [2.05, 4.69) is 45.9 Å². The van der Waals surface area contributed by atoms with Gasteiger partial charge in [-0.15, -0.1) is 10.2 Å². The summed E-state index contributed by atoms with van der Waals surface area (Å²) in [7, 11) is 0. The number of benzene rings is 1. The maximum atomic E-state index is 10.5. The number of nitrogens with zero attached hydrogens (tertiary/aromatic N) is 5. The second-order valence-electron chi connectivity index (χ2n) is 9.22. The summed E-state index contributed by atoms with van der Waals surface area (Å²) in [5.41, 5.74) is 3.43. The number of hydrogen-bond donors (Lipinski definition) is 2. The molecule has 30 heavy (non-hydrogen) atoms. The predicted molar refractivity (Wildman–Crippen MR) is 115 cm³/mol. The summed E-state index contributed by atoms with van der Waals surface area (Å²) in [5.74, 6) is 0.865. The molecule has 4 heterocycles. The molecule has 2 aromatic heterocycles.